The summed E-state index contributed by atoms with van der Waals surface area (Å²) in [7, 11) is 4.41. The summed E-state index contributed by atoms with van der Waals surface area (Å²) < 4.78 is 13.2. The van der Waals surface area contributed by atoms with E-state index in [1.807, 2.05) is 31.3 Å². The van der Waals surface area contributed by atoms with E-state index >= 15 is 0 Å². The molecule has 0 saturated heterocycles. The second-order valence-corrected chi connectivity index (χ2v) is 4.54. The first-order chi connectivity index (χ1) is 6.15. The summed E-state index contributed by atoms with van der Waals surface area (Å²) >= 11 is 0. The molecule has 0 aliphatic heterocycles. The zero-order chi connectivity index (χ0) is 9.84. The first kappa shape index (κ1) is 10.2. The van der Waals surface area contributed by atoms with E-state index < -0.39 is 11.0 Å². The molecule has 13 heavy (non-hydrogen) atoms. The molecular formula is C9H14N2OS. The third kappa shape index (κ3) is 2.54. The van der Waals surface area contributed by atoms with Crippen LogP contribution in [0.15, 0.2) is 29.2 Å². The average molecular weight is 198 g/mol. The number of rotatable bonds is 3. The number of hydrogen-bond donors (Lipinski definition) is 1. The van der Waals surface area contributed by atoms with Gasteiger partial charge in [-0.05, 0) is 38.4 Å². The van der Waals surface area contributed by atoms with E-state index in [4.69, 9.17) is 0 Å². The molecule has 1 atom stereocenters. The Kier molecular flexibility index (Phi) is 3.45. The Morgan fingerprint density at radius 1 is 1.23 bits per heavy atom. The van der Waals surface area contributed by atoms with Gasteiger partial charge in [-0.2, -0.15) is 0 Å². The normalized spacial score (nSPS) is 12.9. The highest BCUT2D eigenvalue weighted by Crippen LogP contribution is 2.12. The van der Waals surface area contributed by atoms with E-state index in [1.54, 1.807) is 18.4 Å². The van der Waals surface area contributed by atoms with Gasteiger partial charge in [-0.1, -0.05) is 0 Å². The van der Waals surface area contributed by atoms with Crippen molar-refractivity contribution in [3.63, 3.8) is 0 Å². The lowest BCUT2D eigenvalue weighted by molar-refractivity contribution is 0.603. The van der Waals surface area contributed by atoms with Crippen LogP contribution in [0.2, 0.25) is 0 Å². The van der Waals surface area contributed by atoms with Crippen molar-refractivity contribution >= 4 is 16.7 Å². The molecule has 0 amide bonds. The molecule has 0 radical (unpaired) electrons. The summed E-state index contributed by atoms with van der Waals surface area (Å²) in [5.74, 6) is 0. The summed E-state index contributed by atoms with van der Waals surface area (Å²) in [6.45, 7) is 0. The van der Waals surface area contributed by atoms with Gasteiger partial charge in [0.1, 0.15) is 11.0 Å². The molecule has 0 bridgehead atoms. The van der Waals surface area contributed by atoms with Crippen LogP contribution in [-0.4, -0.2) is 29.7 Å². The predicted octanol–water partition coefficient (Wildman–Crippen LogP) is 1.31. The summed E-state index contributed by atoms with van der Waals surface area (Å²) in [5, 5.41) is 3.01. The standard InChI is InChI=1S/C9H14N2OS/c1-10-8-4-6-9(7-5-8)13(12)11(2)3/h4-7,10H,1-3H3. The Bertz CT molecular complexity index is 295. The quantitative estimate of drug-likeness (QED) is 0.794. The highest BCUT2D eigenvalue weighted by Gasteiger charge is 2.04. The monoisotopic (exact) mass is 198 g/mol. The van der Waals surface area contributed by atoms with E-state index in [1.165, 1.54) is 0 Å². The Morgan fingerprint density at radius 3 is 2.15 bits per heavy atom. The van der Waals surface area contributed by atoms with Crippen LogP contribution in [0.1, 0.15) is 0 Å². The maximum atomic E-state index is 11.6. The lowest BCUT2D eigenvalue weighted by Gasteiger charge is -2.09. The van der Waals surface area contributed by atoms with Crippen molar-refractivity contribution < 1.29 is 4.21 Å². The van der Waals surface area contributed by atoms with Gasteiger partial charge in [0, 0.05) is 12.7 Å². The summed E-state index contributed by atoms with van der Waals surface area (Å²) in [4.78, 5) is 0.823. The lowest BCUT2D eigenvalue weighted by Crippen LogP contribution is -2.15. The van der Waals surface area contributed by atoms with E-state index in [0.29, 0.717) is 0 Å². The van der Waals surface area contributed by atoms with Crippen molar-refractivity contribution in [3.8, 4) is 0 Å². The first-order valence-electron chi connectivity index (χ1n) is 4.02. The molecule has 1 unspecified atom stereocenters. The topological polar surface area (TPSA) is 32.3 Å². The minimum atomic E-state index is -1.04. The number of benzene rings is 1. The van der Waals surface area contributed by atoms with Crippen molar-refractivity contribution in [1.82, 2.24) is 4.31 Å². The molecule has 4 heteroatoms. The van der Waals surface area contributed by atoms with Gasteiger partial charge in [0.15, 0.2) is 0 Å². The fourth-order valence-corrected chi connectivity index (χ4v) is 1.74. The zero-order valence-electron chi connectivity index (χ0n) is 8.07. The largest absolute Gasteiger partial charge is 0.388 e. The second kappa shape index (κ2) is 4.39. The van der Waals surface area contributed by atoms with Gasteiger partial charge in [0.05, 0.1) is 4.90 Å². The van der Waals surface area contributed by atoms with E-state index in [0.717, 1.165) is 10.6 Å². The van der Waals surface area contributed by atoms with Gasteiger partial charge in [-0.3, -0.25) is 0 Å². The molecular weight excluding hydrogens is 184 g/mol. The molecule has 0 aromatic heterocycles. The average Bonchev–Trinajstić information content (AvgIpc) is 2.17. The minimum absolute atomic E-state index is 0.823. The van der Waals surface area contributed by atoms with Crippen LogP contribution in [0.25, 0.3) is 0 Å². The molecule has 0 spiro atoms. The van der Waals surface area contributed by atoms with Crippen molar-refractivity contribution in [1.29, 1.82) is 0 Å². The zero-order valence-corrected chi connectivity index (χ0v) is 8.89. The molecule has 3 nitrogen and oxygen atoms in total. The number of hydrogen-bond acceptors (Lipinski definition) is 2. The summed E-state index contributed by atoms with van der Waals surface area (Å²) in [6, 6.07) is 7.55. The maximum Gasteiger partial charge on any atom is 0.127 e. The van der Waals surface area contributed by atoms with Crippen LogP contribution in [0.3, 0.4) is 0 Å². The molecule has 0 saturated carbocycles. The SMILES string of the molecule is CNc1ccc(S(=O)N(C)C)cc1. The van der Waals surface area contributed by atoms with E-state index in [-0.39, 0.29) is 0 Å². The van der Waals surface area contributed by atoms with E-state index in [2.05, 4.69) is 5.32 Å². The van der Waals surface area contributed by atoms with Crippen LogP contribution in [0, 0.1) is 0 Å². The Morgan fingerprint density at radius 2 is 1.77 bits per heavy atom. The van der Waals surface area contributed by atoms with Crippen LogP contribution >= 0.6 is 0 Å². The van der Waals surface area contributed by atoms with Crippen molar-refractivity contribution in [2.75, 3.05) is 26.5 Å². The van der Waals surface area contributed by atoms with Crippen molar-refractivity contribution in [3.05, 3.63) is 24.3 Å². The molecule has 1 N–H and O–H groups in total. The van der Waals surface area contributed by atoms with Gasteiger partial charge in [0.2, 0.25) is 0 Å². The molecule has 1 aromatic carbocycles. The molecule has 0 aliphatic rings. The fourth-order valence-electron chi connectivity index (χ4n) is 0.949. The molecule has 1 rings (SSSR count). The number of nitrogens with one attached hydrogen (secondary N) is 1. The van der Waals surface area contributed by atoms with Crippen LogP contribution in [0.5, 0.6) is 0 Å². The van der Waals surface area contributed by atoms with Gasteiger partial charge in [-0.25, -0.2) is 8.51 Å². The summed E-state index contributed by atoms with van der Waals surface area (Å²) in [5.41, 5.74) is 1.03. The lowest BCUT2D eigenvalue weighted by atomic mass is 10.3. The maximum absolute atomic E-state index is 11.6. The minimum Gasteiger partial charge on any atom is -0.388 e. The highest BCUT2D eigenvalue weighted by atomic mass is 32.2. The van der Waals surface area contributed by atoms with Gasteiger partial charge in [0.25, 0.3) is 0 Å². The fraction of sp³-hybridized carbons (Fsp3) is 0.333. The predicted molar refractivity (Wildman–Crippen MR) is 56.1 cm³/mol. The molecule has 0 fully saturated rings. The van der Waals surface area contributed by atoms with Gasteiger partial charge < -0.3 is 5.32 Å². The van der Waals surface area contributed by atoms with Crippen LogP contribution < -0.4 is 5.32 Å². The Hall–Kier alpha value is -0.870. The third-order valence-electron chi connectivity index (χ3n) is 1.68. The molecule has 0 heterocycles. The molecule has 0 aliphatic carbocycles. The Labute approximate surface area is 81.3 Å². The first-order valence-corrected chi connectivity index (χ1v) is 5.13. The summed E-state index contributed by atoms with van der Waals surface area (Å²) in [6.07, 6.45) is 0. The molecule has 72 valence electrons. The van der Waals surface area contributed by atoms with Crippen LogP contribution in [0.4, 0.5) is 5.69 Å². The second-order valence-electron chi connectivity index (χ2n) is 2.84. The van der Waals surface area contributed by atoms with Crippen molar-refractivity contribution in [2.24, 2.45) is 0 Å². The smallest absolute Gasteiger partial charge is 0.127 e. The van der Waals surface area contributed by atoms with Gasteiger partial charge >= 0.3 is 0 Å². The van der Waals surface area contributed by atoms with E-state index in [9.17, 15) is 4.21 Å². The highest BCUT2D eigenvalue weighted by molar-refractivity contribution is 7.82. The third-order valence-corrected chi connectivity index (χ3v) is 3.01. The van der Waals surface area contributed by atoms with Gasteiger partial charge in [-0.15, -0.1) is 0 Å². The molecule has 1 aromatic rings. The number of nitrogens with zero attached hydrogens (tertiary/aromatic N) is 1. The number of anilines is 1. The Balaban J connectivity index is 2.86. The van der Waals surface area contributed by atoms with Crippen LogP contribution in [-0.2, 0) is 11.0 Å². The van der Waals surface area contributed by atoms with Crippen molar-refractivity contribution in [2.45, 2.75) is 4.90 Å².